The van der Waals surface area contributed by atoms with E-state index in [1.807, 2.05) is 6.92 Å². The van der Waals surface area contributed by atoms with Crippen molar-refractivity contribution in [2.24, 2.45) is 11.7 Å². The van der Waals surface area contributed by atoms with Gasteiger partial charge in [-0.15, -0.1) is 0 Å². The Balaban J connectivity index is 3.03. The van der Waals surface area contributed by atoms with Crippen LogP contribution in [-0.2, 0) is 4.74 Å². The zero-order valence-electron chi connectivity index (χ0n) is 6.02. The fourth-order valence-corrected chi connectivity index (χ4v) is 0.426. The lowest BCUT2D eigenvalue weighted by molar-refractivity contribution is 0.00696. The van der Waals surface area contributed by atoms with Gasteiger partial charge in [-0.1, -0.05) is 6.92 Å². The second-order valence-electron chi connectivity index (χ2n) is 2.27. The summed E-state index contributed by atoms with van der Waals surface area (Å²) in [6.45, 7) is 2.17. The van der Waals surface area contributed by atoms with Gasteiger partial charge in [0.05, 0.1) is 6.61 Å². The summed E-state index contributed by atoms with van der Waals surface area (Å²) in [6, 6.07) is 0. The minimum atomic E-state index is -2.37. The van der Waals surface area contributed by atoms with E-state index in [1.54, 1.807) is 0 Å². The highest BCUT2D eigenvalue weighted by molar-refractivity contribution is 4.49. The smallest absolute Gasteiger partial charge is 0.261 e. The van der Waals surface area contributed by atoms with Crippen LogP contribution in [0.15, 0.2) is 0 Å². The highest BCUT2D eigenvalue weighted by Crippen LogP contribution is 1.96. The summed E-state index contributed by atoms with van der Waals surface area (Å²) in [7, 11) is 0. The van der Waals surface area contributed by atoms with E-state index in [1.165, 1.54) is 0 Å². The summed E-state index contributed by atoms with van der Waals surface area (Å²) in [5, 5.41) is 0. The van der Waals surface area contributed by atoms with Crippen LogP contribution in [-0.4, -0.2) is 26.2 Å². The predicted molar refractivity (Wildman–Crippen MR) is 35.0 cm³/mol. The second kappa shape index (κ2) is 5.56. The number of hydrogen-bond acceptors (Lipinski definition) is 2. The Kier molecular flexibility index (Phi) is 5.43. The van der Waals surface area contributed by atoms with E-state index in [0.29, 0.717) is 13.2 Å². The molecule has 0 aliphatic carbocycles. The number of rotatable bonds is 5. The van der Waals surface area contributed by atoms with Crippen molar-refractivity contribution >= 4 is 0 Å². The summed E-state index contributed by atoms with van der Waals surface area (Å²) >= 11 is 0. The molecule has 2 N–H and O–H groups in total. The lowest BCUT2D eigenvalue weighted by Gasteiger charge is -2.07. The molecule has 0 rings (SSSR count). The van der Waals surface area contributed by atoms with Crippen molar-refractivity contribution in [2.45, 2.75) is 13.3 Å². The van der Waals surface area contributed by atoms with Crippen LogP contribution < -0.4 is 5.73 Å². The van der Waals surface area contributed by atoms with Crippen LogP contribution >= 0.6 is 0 Å². The molecule has 0 aromatic heterocycles. The molecule has 62 valence electrons. The molecule has 0 aromatic carbocycles. The highest BCUT2D eigenvalue weighted by Gasteiger charge is 2.03. The van der Waals surface area contributed by atoms with E-state index in [9.17, 15) is 8.78 Å². The molecular weight excluding hydrogens is 140 g/mol. The van der Waals surface area contributed by atoms with Gasteiger partial charge in [-0.25, -0.2) is 8.78 Å². The molecule has 0 spiro atoms. The Hall–Kier alpha value is -0.220. The third-order valence-electron chi connectivity index (χ3n) is 1.05. The SMILES string of the molecule is CC(CN)COCC(F)F. The van der Waals surface area contributed by atoms with E-state index in [2.05, 4.69) is 4.74 Å². The molecule has 0 bridgehead atoms. The molecule has 4 heteroatoms. The molecule has 0 heterocycles. The van der Waals surface area contributed by atoms with Crippen molar-refractivity contribution in [1.29, 1.82) is 0 Å². The van der Waals surface area contributed by atoms with Crippen molar-refractivity contribution < 1.29 is 13.5 Å². The van der Waals surface area contributed by atoms with E-state index in [-0.39, 0.29) is 5.92 Å². The molecule has 1 atom stereocenters. The summed E-state index contributed by atoms with van der Waals surface area (Å²) < 4.78 is 27.5. The molecule has 0 radical (unpaired) electrons. The number of alkyl halides is 2. The topological polar surface area (TPSA) is 35.2 Å². The Labute approximate surface area is 59.3 Å². The molecule has 0 fully saturated rings. The monoisotopic (exact) mass is 153 g/mol. The van der Waals surface area contributed by atoms with Crippen LogP contribution in [0.2, 0.25) is 0 Å². The minimum absolute atomic E-state index is 0.166. The lowest BCUT2D eigenvalue weighted by Crippen LogP contribution is -2.18. The predicted octanol–water partition coefficient (Wildman–Crippen LogP) is 0.863. The van der Waals surface area contributed by atoms with Crippen LogP contribution in [0, 0.1) is 5.92 Å². The highest BCUT2D eigenvalue weighted by atomic mass is 19.3. The fourth-order valence-electron chi connectivity index (χ4n) is 0.426. The van der Waals surface area contributed by atoms with Crippen LogP contribution in [0.4, 0.5) is 8.78 Å². The van der Waals surface area contributed by atoms with Crippen molar-refractivity contribution in [3.63, 3.8) is 0 Å². The summed E-state index contributed by atoms with van der Waals surface area (Å²) in [5.41, 5.74) is 5.22. The molecule has 10 heavy (non-hydrogen) atoms. The van der Waals surface area contributed by atoms with Gasteiger partial charge in [-0.05, 0) is 12.5 Å². The summed E-state index contributed by atoms with van der Waals surface area (Å²) in [4.78, 5) is 0. The summed E-state index contributed by atoms with van der Waals surface area (Å²) in [6.07, 6.45) is -2.37. The standard InChI is InChI=1S/C6H13F2NO/c1-5(2-9)3-10-4-6(7)8/h5-6H,2-4,9H2,1H3. The number of ether oxygens (including phenoxy) is 1. The molecule has 0 saturated heterocycles. The number of hydrogen-bond donors (Lipinski definition) is 1. The summed E-state index contributed by atoms with van der Waals surface area (Å²) in [5.74, 6) is 0.166. The third-order valence-corrected chi connectivity index (χ3v) is 1.05. The van der Waals surface area contributed by atoms with Crippen LogP contribution in [0.5, 0.6) is 0 Å². The minimum Gasteiger partial charge on any atom is -0.375 e. The van der Waals surface area contributed by atoms with E-state index in [4.69, 9.17) is 5.73 Å². The van der Waals surface area contributed by atoms with Crippen LogP contribution in [0.25, 0.3) is 0 Å². The van der Waals surface area contributed by atoms with Gasteiger partial charge in [-0.3, -0.25) is 0 Å². The van der Waals surface area contributed by atoms with Crippen molar-refractivity contribution in [3.8, 4) is 0 Å². The van der Waals surface area contributed by atoms with Gasteiger partial charge in [0.1, 0.15) is 6.61 Å². The van der Waals surface area contributed by atoms with Crippen molar-refractivity contribution in [2.75, 3.05) is 19.8 Å². The van der Waals surface area contributed by atoms with Gasteiger partial charge < -0.3 is 10.5 Å². The Bertz CT molecular complexity index is 80.1. The third kappa shape index (κ3) is 5.91. The normalized spacial score (nSPS) is 14.1. The van der Waals surface area contributed by atoms with E-state index in [0.717, 1.165) is 0 Å². The first kappa shape index (κ1) is 9.78. The fraction of sp³-hybridized carbons (Fsp3) is 1.00. The Morgan fingerprint density at radius 2 is 2.00 bits per heavy atom. The average molecular weight is 153 g/mol. The molecule has 0 saturated carbocycles. The van der Waals surface area contributed by atoms with Crippen LogP contribution in [0.3, 0.4) is 0 Å². The Morgan fingerprint density at radius 1 is 1.40 bits per heavy atom. The second-order valence-corrected chi connectivity index (χ2v) is 2.27. The van der Waals surface area contributed by atoms with Gasteiger partial charge >= 0.3 is 0 Å². The maximum Gasteiger partial charge on any atom is 0.261 e. The number of nitrogens with two attached hydrogens (primary N) is 1. The van der Waals surface area contributed by atoms with Crippen molar-refractivity contribution in [3.05, 3.63) is 0 Å². The maximum atomic E-state index is 11.4. The maximum absolute atomic E-state index is 11.4. The van der Waals surface area contributed by atoms with Crippen LogP contribution in [0.1, 0.15) is 6.92 Å². The lowest BCUT2D eigenvalue weighted by atomic mass is 10.2. The van der Waals surface area contributed by atoms with Gasteiger partial charge in [-0.2, -0.15) is 0 Å². The van der Waals surface area contributed by atoms with Crippen molar-refractivity contribution in [1.82, 2.24) is 0 Å². The van der Waals surface area contributed by atoms with E-state index < -0.39 is 13.0 Å². The first-order valence-corrected chi connectivity index (χ1v) is 3.22. The number of halogens is 2. The molecule has 0 amide bonds. The van der Waals surface area contributed by atoms with Gasteiger partial charge in [0.15, 0.2) is 0 Å². The molecule has 2 nitrogen and oxygen atoms in total. The Morgan fingerprint density at radius 3 is 2.40 bits per heavy atom. The molecular formula is C6H13F2NO. The zero-order chi connectivity index (χ0) is 7.98. The zero-order valence-corrected chi connectivity index (χ0v) is 6.02. The molecule has 0 aromatic rings. The largest absolute Gasteiger partial charge is 0.375 e. The van der Waals surface area contributed by atoms with Gasteiger partial charge in [0, 0.05) is 0 Å². The quantitative estimate of drug-likeness (QED) is 0.635. The van der Waals surface area contributed by atoms with E-state index >= 15 is 0 Å². The van der Waals surface area contributed by atoms with Gasteiger partial charge in [0.2, 0.25) is 0 Å². The van der Waals surface area contributed by atoms with Gasteiger partial charge in [0.25, 0.3) is 6.43 Å². The molecule has 1 unspecified atom stereocenters. The first-order valence-electron chi connectivity index (χ1n) is 3.22. The average Bonchev–Trinajstić information content (AvgIpc) is 1.87. The molecule has 0 aliphatic heterocycles. The molecule has 0 aliphatic rings. The first-order chi connectivity index (χ1) is 4.66.